The van der Waals surface area contributed by atoms with E-state index in [1.54, 1.807) is 0 Å². The molecule has 0 radical (unpaired) electrons. The lowest BCUT2D eigenvalue weighted by molar-refractivity contribution is -0.136. The maximum atomic E-state index is 12.9. The highest BCUT2D eigenvalue weighted by atomic mass is 19.1. The first kappa shape index (κ1) is 19.8. The summed E-state index contributed by atoms with van der Waals surface area (Å²) in [4.78, 5) is 28.5. The Hall–Kier alpha value is -2.93. The molecule has 0 saturated heterocycles. The van der Waals surface area contributed by atoms with Gasteiger partial charge in [-0.15, -0.1) is 0 Å². The Kier molecular flexibility index (Phi) is 5.94. The number of fused-ring (bicyclic) bond motifs is 1. The summed E-state index contributed by atoms with van der Waals surface area (Å²) in [6.45, 7) is 1.31. The number of anilines is 2. The Balaban J connectivity index is 1.62. The van der Waals surface area contributed by atoms with Gasteiger partial charge >= 0.3 is 11.8 Å². The molecule has 0 saturated carbocycles. The number of nitrogens with one attached hydrogen (secondary N) is 2. The smallest absolute Gasteiger partial charge is 0.313 e. The van der Waals surface area contributed by atoms with E-state index in [2.05, 4.69) is 40.8 Å². The first-order valence-corrected chi connectivity index (χ1v) is 9.20. The van der Waals surface area contributed by atoms with Crippen LogP contribution in [0.1, 0.15) is 17.2 Å². The topological polar surface area (TPSA) is 64.7 Å². The van der Waals surface area contributed by atoms with Crippen molar-refractivity contribution in [3.05, 3.63) is 59.4 Å². The van der Waals surface area contributed by atoms with Crippen LogP contribution in [0.25, 0.3) is 0 Å². The molecule has 1 unspecified atom stereocenters. The lowest BCUT2D eigenvalue weighted by atomic mass is 10.0. The van der Waals surface area contributed by atoms with E-state index in [0.29, 0.717) is 12.2 Å². The molecule has 7 heteroatoms. The van der Waals surface area contributed by atoms with E-state index in [1.807, 2.05) is 19.0 Å². The lowest BCUT2D eigenvalue weighted by Crippen LogP contribution is -2.40. The van der Waals surface area contributed by atoms with Gasteiger partial charge in [0.2, 0.25) is 0 Å². The van der Waals surface area contributed by atoms with Crippen LogP contribution >= 0.6 is 0 Å². The van der Waals surface area contributed by atoms with Crippen molar-refractivity contribution in [1.29, 1.82) is 0 Å². The van der Waals surface area contributed by atoms with Crippen LogP contribution in [0.4, 0.5) is 15.8 Å². The van der Waals surface area contributed by atoms with Crippen LogP contribution in [0, 0.1) is 5.82 Å². The molecule has 0 aliphatic carbocycles. The second-order valence-corrected chi connectivity index (χ2v) is 7.21. The largest absolute Gasteiger partial charge is 0.374 e. The molecule has 6 nitrogen and oxygen atoms in total. The van der Waals surface area contributed by atoms with Crippen molar-refractivity contribution in [2.75, 3.05) is 44.4 Å². The molecule has 0 aromatic heterocycles. The standard InChI is InChI=1S/C21H25FN4O2/c1-25(2)19(14-4-9-18-15(12-14)10-11-26(18)3)13-23-20(27)21(28)24-17-7-5-16(22)6-8-17/h4-9,12,19H,10-11,13H2,1-3H3,(H,23,27)(H,24,28). The Morgan fingerprint density at radius 2 is 1.86 bits per heavy atom. The third-order valence-corrected chi connectivity index (χ3v) is 5.00. The molecule has 28 heavy (non-hydrogen) atoms. The number of halogens is 1. The number of likely N-dealkylation sites (N-methyl/N-ethyl adjacent to an activating group) is 2. The van der Waals surface area contributed by atoms with Crippen LogP contribution in [0.15, 0.2) is 42.5 Å². The lowest BCUT2D eigenvalue weighted by Gasteiger charge is -2.26. The predicted octanol–water partition coefficient (Wildman–Crippen LogP) is 2.18. The van der Waals surface area contributed by atoms with E-state index in [4.69, 9.17) is 0 Å². The van der Waals surface area contributed by atoms with Gasteiger partial charge in [-0.2, -0.15) is 0 Å². The van der Waals surface area contributed by atoms with E-state index in [9.17, 15) is 14.0 Å². The fourth-order valence-corrected chi connectivity index (χ4v) is 3.38. The number of nitrogens with zero attached hydrogens (tertiary/aromatic N) is 2. The quantitative estimate of drug-likeness (QED) is 0.776. The van der Waals surface area contributed by atoms with Crippen LogP contribution in [0.5, 0.6) is 0 Å². The van der Waals surface area contributed by atoms with E-state index in [-0.39, 0.29) is 6.04 Å². The fraction of sp³-hybridized carbons (Fsp3) is 0.333. The van der Waals surface area contributed by atoms with Crippen molar-refractivity contribution in [1.82, 2.24) is 10.2 Å². The molecular formula is C21H25FN4O2. The van der Waals surface area contributed by atoms with Gasteiger partial charge in [-0.25, -0.2) is 4.39 Å². The molecule has 2 aromatic carbocycles. The van der Waals surface area contributed by atoms with Gasteiger partial charge in [0.15, 0.2) is 0 Å². The number of hydrogen-bond donors (Lipinski definition) is 2. The summed E-state index contributed by atoms with van der Waals surface area (Å²) in [5, 5.41) is 5.16. The van der Waals surface area contributed by atoms with Crippen LogP contribution in [-0.4, -0.2) is 50.9 Å². The predicted molar refractivity (Wildman–Crippen MR) is 108 cm³/mol. The van der Waals surface area contributed by atoms with Crippen molar-refractivity contribution >= 4 is 23.2 Å². The van der Waals surface area contributed by atoms with Gasteiger partial charge in [0.1, 0.15) is 5.82 Å². The van der Waals surface area contributed by atoms with Gasteiger partial charge in [-0.05, 0) is 62.0 Å². The van der Waals surface area contributed by atoms with Gasteiger partial charge in [0.05, 0.1) is 6.04 Å². The molecule has 1 heterocycles. The summed E-state index contributed by atoms with van der Waals surface area (Å²) in [7, 11) is 5.96. The maximum absolute atomic E-state index is 12.9. The van der Waals surface area contributed by atoms with Gasteiger partial charge in [0.25, 0.3) is 0 Å². The number of rotatable bonds is 5. The zero-order chi connectivity index (χ0) is 20.3. The fourth-order valence-electron chi connectivity index (χ4n) is 3.38. The molecule has 1 aliphatic heterocycles. The minimum atomic E-state index is -0.778. The second-order valence-electron chi connectivity index (χ2n) is 7.21. The van der Waals surface area contributed by atoms with Gasteiger partial charge in [-0.3, -0.25) is 9.59 Å². The molecular weight excluding hydrogens is 359 g/mol. The molecule has 3 rings (SSSR count). The van der Waals surface area contributed by atoms with Crippen LogP contribution < -0.4 is 15.5 Å². The van der Waals surface area contributed by atoms with Crippen LogP contribution in [0.3, 0.4) is 0 Å². The second kappa shape index (κ2) is 8.39. The first-order valence-electron chi connectivity index (χ1n) is 9.20. The highest BCUT2D eigenvalue weighted by molar-refractivity contribution is 6.39. The molecule has 2 amide bonds. The number of benzene rings is 2. The normalized spacial score (nSPS) is 14.0. The Morgan fingerprint density at radius 1 is 1.14 bits per heavy atom. The van der Waals surface area contributed by atoms with Gasteiger partial charge < -0.3 is 20.4 Å². The number of carbonyl (C=O) groups is 2. The zero-order valence-corrected chi connectivity index (χ0v) is 16.3. The summed E-state index contributed by atoms with van der Waals surface area (Å²) < 4.78 is 12.9. The summed E-state index contributed by atoms with van der Waals surface area (Å²) in [5.74, 6) is -1.91. The molecule has 0 fully saturated rings. The number of amides is 2. The zero-order valence-electron chi connectivity index (χ0n) is 16.3. The number of carbonyl (C=O) groups excluding carboxylic acids is 2. The molecule has 0 bridgehead atoms. The van der Waals surface area contributed by atoms with E-state index >= 15 is 0 Å². The average Bonchev–Trinajstić information content (AvgIpc) is 3.03. The third kappa shape index (κ3) is 4.48. The monoisotopic (exact) mass is 384 g/mol. The summed E-state index contributed by atoms with van der Waals surface area (Å²) in [5.41, 5.74) is 4.00. The Bertz CT molecular complexity index is 867. The Labute approximate surface area is 164 Å². The van der Waals surface area contributed by atoms with Crippen molar-refractivity contribution < 1.29 is 14.0 Å². The van der Waals surface area contributed by atoms with E-state index in [0.717, 1.165) is 18.5 Å². The van der Waals surface area contributed by atoms with Crippen molar-refractivity contribution in [3.63, 3.8) is 0 Å². The van der Waals surface area contributed by atoms with Gasteiger partial charge in [0, 0.05) is 31.5 Å². The maximum Gasteiger partial charge on any atom is 0.313 e. The van der Waals surface area contributed by atoms with Crippen molar-refractivity contribution in [2.45, 2.75) is 12.5 Å². The highest BCUT2D eigenvalue weighted by Gasteiger charge is 2.22. The van der Waals surface area contributed by atoms with Crippen LogP contribution in [0.2, 0.25) is 0 Å². The summed E-state index contributed by atoms with van der Waals surface area (Å²) >= 11 is 0. The molecule has 2 N–H and O–H groups in total. The Morgan fingerprint density at radius 3 is 2.54 bits per heavy atom. The minimum absolute atomic E-state index is 0.0567. The van der Waals surface area contributed by atoms with Crippen molar-refractivity contribution in [3.8, 4) is 0 Å². The SMILES string of the molecule is CN1CCc2cc(C(CNC(=O)C(=O)Nc3ccc(F)cc3)N(C)C)ccc21. The number of hydrogen-bond acceptors (Lipinski definition) is 4. The highest BCUT2D eigenvalue weighted by Crippen LogP contribution is 2.30. The molecule has 0 spiro atoms. The molecule has 1 aliphatic rings. The van der Waals surface area contributed by atoms with Crippen molar-refractivity contribution in [2.24, 2.45) is 0 Å². The van der Waals surface area contributed by atoms with E-state index in [1.165, 1.54) is 35.5 Å². The third-order valence-electron chi connectivity index (χ3n) is 5.00. The first-order chi connectivity index (χ1) is 13.3. The average molecular weight is 384 g/mol. The summed E-state index contributed by atoms with van der Waals surface area (Å²) in [6.07, 6.45) is 1.01. The van der Waals surface area contributed by atoms with Gasteiger partial charge in [-0.1, -0.05) is 12.1 Å². The molecule has 2 aromatic rings. The molecule has 148 valence electrons. The molecule has 1 atom stereocenters. The minimum Gasteiger partial charge on any atom is -0.374 e. The van der Waals surface area contributed by atoms with Crippen LogP contribution in [-0.2, 0) is 16.0 Å². The summed E-state index contributed by atoms with van der Waals surface area (Å²) in [6, 6.07) is 11.6. The van der Waals surface area contributed by atoms with E-state index < -0.39 is 17.6 Å².